The highest BCUT2D eigenvalue weighted by Crippen LogP contribution is 2.20. The number of nitrogens with one attached hydrogen (secondary N) is 2. The van der Waals surface area contributed by atoms with E-state index in [0.29, 0.717) is 0 Å². The van der Waals surface area contributed by atoms with E-state index in [1.165, 1.54) is 9.88 Å². The fourth-order valence-corrected chi connectivity index (χ4v) is 3.75. The van der Waals surface area contributed by atoms with E-state index in [2.05, 4.69) is 46.3 Å². The zero-order valence-electron chi connectivity index (χ0n) is 16.3. The fraction of sp³-hybridized carbons (Fsp3) is 0.579. The molecule has 0 aromatic carbocycles. The maximum atomic E-state index is 5.65. The molecular formula is C19H31N5OS. The Morgan fingerprint density at radius 2 is 2.12 bits per heavy atom. The summed E-state index contributed by atoms with van der Waals surface area (Å²) in [5, 5.41) is 7.97. The van der Waals surface area contributed by atoms with E-state index >= 15 is 0 Å². The predicted molar refractivity (Wildman–Crippen MR) is 109 cm³/mol. The smallest absolute Gasteiger partial charge is 0.191 e. The number of hydrogen-bond donors (Lipinski definition) is 2. The van der Waals surface area contributed by atoms with Gasteiger partial charge in [0.05, 0.1) is 17.3 Å². The molecule has 0 spiro atoms. The highest BCUT2D eigenvalue weighted by Gasteiger charge is 2.20. The number of aromatic nitrogens is 1. The average molecular weight is 378 g/mol. The molecule has 6 nitrogen and oxygen atoms in total. The lowest BCUT2D eigenvalue weighted by atomic mass is 10.2. The third kappa shape index (κ3) is 5.85. The second kappa shape index (κ2) is 11.0. The van der Waals surface area contributed by atoms with Crippen molar-refractivity contribution in [1.29, 1.82) is 0 Å². The van der Waals surface area contributed by atoms with Gasteiger partial charge in [0, 0.05) is 37.6 Å². The number of aryl methyl sites for hydroxylation is 1. The van der Waals surface area contributed by atoms with Crippen LogP contribution in [0, 0.1) is 0 Å². The van der Waals surface area contributed by atoms with Gasteiger partial charge in [0.25, 0.3) is 0 Å². The summed E-state index contributed by atoms with van der Waals surface area (Å²) in [6.45, 7) is 10.0. The summed E-state index contributed by atoms with van der Waals surface area (Å²) in [6, 6.07) is 4.16. The first kappa shape index (κ1) is 20.5. The van der Waals surface area contributed by atoms with Gasteiger partial charge in [-0.25, -0.2) is 4.98 Å². The topological polar surface area (TPSA) is 65.7 Å². The Labute approximate surface area is 160 Å². The Hall–Kier alpha value is -1.86. The molecule has 0 radical (unpaired) electrons. The van der Waals surface area contributed by atoms with Crippen molar-refractivity contribution in [2.24, 2.45) is 4.99 Å². The molecule has 1 atom stereocenters. The number of furan rings is 1. The van der Waals surface area contributed by atoms with Gasteiger partial charge >= 0.3 is 0 Å². The molecule has 7 heteroatoms. The SMILES string of the molecule is CCc1cnc(CCNC(=NC)NCC(c2ccco2)N(CC)CC)s1. The molecule has 0 fully saturated rings. The van der Waals surface area contributed by atoms with Crippen LogP contribution in [0.25, 0.3) is 0 Å². The molecule has 0 bridgehead atoms. The summed E-state index contributed by atoms with van der Waals surface area (Å²) in [7, 11) is 1.80. The van der Waals surface area contributed by atoms with E-state index in [1.54, 1.807) is 24.6 Å². The molecule has 0 aliphatic carbocycles. The van der Waals surface area contributed by atoms with Gasteiger partial charge in [-0.2, -0.15) is 0 Å². The predicted octanol–water partition coefficient (Wildman–Crippen LogP) is 3.09. The number of thiazole rings is 1. The van der Waals surface area contributed by atoms with Gasteiger partial charge in [-0.1, -0.05) is 20.8 Å². The zero-order chi connectivity index (χ0) is 18.8. The van der Waals surface area contributed by atoms with E-state index in [4.69, 9.17) is 4.42 Å². The molecule has 2 rings (SSSR count). The molecule has 0 aliphatic heterocycles. The van der Waals surface area contributed by atoms with Crippen LogP contribution in [0.5, 0.6) is 0 Å². The quantitative estimate of drug-likeness (QED) is 0.492. The molecule has 0 saturated heterocycles. The van der Waals surface area contributed by atoms with Crippen LogP contribution >= 0.6 is 11.3 Å². The number of aliphatic imine (C=N–C) groups is 1. The van der Waals surface area contributed by atoms with Crippen LogP contribution in [0.2, 0.25) is 0 Å². The van der Waals surface area contributed by atoms with Crippen molar-refractivity contribution in [2.45, 2.75) is 39.7 Å². The lowest BCUT2D eigenvalue weighted by Crippen LogP contribution is -2.43. The van der Waals surface area contributed by atoms with Crippen molar-refractivity contribution in [3.8, 4) is 0 Å². The van der Waals surface area contributed by atoms with Gasteiger partial charge in [-0.15, -0.1) is 11.3 Å². The Balaban J connectivity index is 1.85. The van der Waals surface area contributed by atoms with E-state index in [9.17, 15) is 0 Å². The molecule has 1 unspecified atom stereocenters. The molecular weight excluding hydrogens is 346 g/mol. The third-order valence-electron chi connectivity index (χ3n) is 4.39. The highest BCUT2D eigenvalue weighted by molar-refractivity contribution is 7.11. The minimum atomic E-state index is 0.185. The Kier molecular flexibility index (Phi) is 8.64. The zero-order valence-corrected chi connectivity index (χ0v) is 17.1. The first-order chi connectivity index (χ1) is 12.7. The molecule has 144 valence electrons. The summed E-state index contributed by atoms with van der Waals surface area (Å²) in [5.74, 6) is 1.78. The summed E-state index contributed by atoms with van der Waals surface area (Å²) < 4.78 is 5.65. The first-order valence-corrected chi connectivity index (χ1v) is 10.2. The Bertz CT molecular complexity index is 649. The third-order valence-corrected chi connectivity index (χ3v) is 5.59. The standard InChI is InChI=1S/C19H31N5OS/c1-5-15-13-22-18(26-15)10-11-21-19(20-4)23-14-16(24(6-2)7-3)17-9-8-12-25-17/h8-9,12-13,16H,5-7,10-11,14H2,1-4H3,(H2,20,21,23). The van der Waals surface area contributed by atoms with Crippen molar-refractivity contribution in [3.05, 3.63) is 40.2 Å². The summed E-state index contributed by atoms with van der Waals surface area (Å²) in [5.41, 5.74) is 0. The molecule has 0 saturated carbocycles. The fourth-order valence-electron chi connectivity index (χ4n) is 2.88. The van der Waals surface area contributed by atoms with Crippen molar-refractivity contribution < 1.29 is 4.42 Å². The van der Waals surface area contributed by atoms with E-state index < -0.39 is 0 Å². The molecule has 2 N–H and O–H groups in total. The Morgan fingerprint density at radius 1 is 1.31 bits per heavy atom. The van der Waals surface area contributed by atoms with E-state index in [1.807, 2.05) is 18.3 Å². The van der Waals surface area contributed by atoms with Crippen LogP contribution in [0.3, 0.4) is 0 Å². The molecule has 0 aliphatic rings. The Morgan fingerprint density at radius 3 is 2.69 bits per heavy atom. The second-order valence-corrected chi connectivity index (χ2v) is 7.16. The second-order valence-electron chi connectivity index (χ2n) is 5.96. The van der Waals surface area contributed by atoms with Crippen LogP contribution in [0.15, 0.2) is 34.0 Å². The first-order valence-electron chi connectivity index (χ1n) is 9.37. The number of guanidine groups is 1. The summed E-state index contributed by atoms with van der Waals surface area (Å²) in [4.78, 5) is 12.5. The van der Waals surface area contributed by atoms with Gasteiger partial charge in [-0.05, 0) is 31.6 Å². The van der Waals surface area contributed by atoms with Crippen molar-refractivity contribution in [2.75, 3.05) is 33.2 Å². The van der Waals surface area contributed by atoms with Crippen LogP contribution in [-0.4, -0.2) is 49.1 Å². The largest absolute Gasteiger partial charge is 0.468 e. The van der Waals surface area contributed by atoms with E-state index in [0.717, 1.165) is 50.7 Å². The number of rotatable bonds is 10. The summed E-state index contributed by atoms with van der Waals surface area (Å²) in [6.07, 6.45) is 5.67. The average Bonchev–Trinajstić information content (AvgIpc) is 3.35. The highest BCUT2D eigenvalue weighted by atomic mass is 32.1. The van der Waals surface area contributed by atoms with Crippen molar-refractivity contribution >= 4 is 17.3 Å². The van der Waals surface area contributed by atoms with Gasteiger partial charge in [0.15, 0.2) is 5.96 Å². The van der Waals surface area contributed by atoms with Crippen LogP contribution in [0.4, 0.5) is 0 Å². The molecule has 0 amide bonds. The number of likely N-dealkylation sites (N-methyl/N-ethyl adjacent to an activating group) is 1. The van der Waals surface area contributed by atoms with Gasteiger partial charge in [0.1, 0.15) is 5.76 Å². The van der Waals surface area contributed by atoms with Gasteiger partial charge in [0.2, 0.25) is 0 Å². The molecule has 2 heterocycles. The lowest BCUT2D eigenvalue weighted by Gasteiger charge is -2.28. The molecule has 26 heavy (non-hydrogen) atoms. The minimum Gasteiger partial charge on any atom is -0.468 e. The monoisotopic (exact) mass is 377 g/mol. The van der Waals surface area contributed by atoms with Crippen molar-refractivity contribution in [3.63, 3.8) is 0 Å². The number of hydrogen-bond acceptors (Lipinski definition) is 5. The van der Waals surface area contributed by atoms with Crippen LogP contribution in [0.1, 0.15) is 42.5 Å². The van der Waals surface area contributed by atoms with E-state index in [-0.39, 0.29) is 6.04 Å². The molecule has 2 aromatic rings. The maximum Gasteiger partial charge on any atom is 0.191 e. The minimum absolute atomic E-state index is 0.185. The van der Waals surface area contributed by atoms with Gasteiger partial charge < -0.3 is 15.1 Å². The van der Waals surface area contributed by atoms with Crippen LogP contribution in [-0.2, 0) is 12.8 Å². The number of nitrogens with zero attached hydrogens (tertiary/aromatic N) is 3. The van der Waals surface area contributed by atoms with Gasteiger partial charge in [-0.3, -0.25) is 9.89 Å². The maximum absolute atomic E-state index is 5.65. The van der Waals surface area contributed by atoms with Crippen LogP contribution < -0.4 is 10.6 Å². The van der Waals surface area contributed by atoms with Crippen molar-refractivity contribution in [1.82, 2.24) is 20.5 Å². The normalized spacial score (nSPS) is 13.2. The molecule has 2 aromatic heterocycles. The summed E-state index contributed by atoms with van der Waals surface area (Å²) >= 11 is 1.79. The lowest BCUT2D eigenvalue weighted by molar-refractivity contribution is 0.193.